The maximum atomic E-state index is 13.3. The molecule has 0 saturated carbocycles. The summed E-state index contributed by atoms with van der Waals surface area (Å²) < 4.78 is 93.9. The van der Waals surface area contributed by atoms with Gasteiger partial charge in [0.15, 0.2) is 0 Å². The van der Waals surface area contributed by atoms with Crippen molar-refractivity contribution < 1.29 is 34.8 Å². The molecule has 0 aliphatic rings. The summed E-state index contributed by atoms with van der Waals surface area (Å²) in [6, 6.07) is 24.3. The first-order valence-corrected chi connectivity index (χ1v) is 14.5. The highest BCUT2D eigenvalue weighted by atomic mass is 32.2. The number of rotatable bonds is 9. The SMILES string of the molecule is O=C(CN(c1ccccc1)S(=O)(=O)c1ccccc1)Nc1ccc(S(=O)(=O)Nc2cccc(C(F)(F)F)c2)cc1. The number of anilines is 3. The average Bonchev–Trinajstić information content (AvgIpc) is 2.92. The lowest BCUT2D eigenvalue weighted by molar-refractivity contribution is -0.137. The maximum Gasteiger partial charge on any atom is 0.416 e. The van der Waals surface area contributed by atoms with Gasteiger partial charge in [0.25, 0.3) is 20.0 Å². The van der Waals surface area contributed by atoms with E-state index in [1.165, 1.54) is 30.3 Å². The highest BCUT2D eigenvalue weighted by molar-refractivity contribution is 7.93. The zero-order chi connectivity index (χ0) is 29.0. The van der Waals surface area contributed by atoms with E-state index in [-0.39, 0.29) is 26.9 Å². The molecular weight excluding hydrogens is 567 g/mol. The summed E-state index contributed by atoms with van der Waals surface area (Å²) in [4.78, 5) is 12.6. The maximum absolute atomic E-state index is 13.3. The molecule has 8 nitrogen and oxygen atoms in total. The molecule has 2 N–H and O–H groups in total. The molecule has 0 aromatic heterocycles. The molecule has 0 heterocycles. The first kappa shape index (κ1) is 28.6. The lowest BCUT2D eigenvalue weighted by atomic mass is 10.2. The number of benzene rings is 4. The topological polar surface area (TPSA) is 113 Å². The highest BCUT2D eigenvalue weighted by Gasteiger charge is 2.31. The van der Waals surface area contributed by atoms with E-state index in [4.69, 9.17) is 0 Å². The molecule has 0 radical (unpaired) electrons. The number of halogens is 3. The summed E-state index contributed by atoms with van der Waals surface area (Å²) in [5.41, 5.74) is -0.839. The Morgan fingerprint density at radius 2 is 1.30 bits per heavy atom. The zero-order valence-electron chi connectivity index (χ0n) is 20.5. The Hall–Kier alpha value is -4.36. The smallest absolute Gasteiger partial charge is 0.325 e. The van der Waals surface area contributed by atoms with Crippen molar-refractivity contribution in [1.29, 1.82) is 0 Å². The standard InChI is InChI=1S/C27H22F3N3O5S2/c28-27(29,30)20-8-7-9-22(18-20)32-39(35,36)24-16-14-21(15-17-24)31-26(34)19-33(23-10-3-1-4-11-23)40(37,38)25-12-5-2-6-13-25/h1-18,32H,19H2,(H,31,34). The van der Waals surface area contributed by atoms with E-state index >= 15 is 0 Å². The van der Waals surface area contributed by atoms with E-state index in [0.717, 1.165) is 28.6 Å². The molecule has 0 aliphatic heterocycles. The molecule has 13 heteroatoms. The largest absolute Gasteiger partial charge is 0.416 e. The molecule has 0 aliphatic carbocycles. The molecule has 4 aromatic carbocycles. The van der Waals surface area contributed by atoms with Gasteiger partial charge in [-0.15, -0.1) is 0 Å². The molecule has 1 amide bonds. The van der Waals surface area contributed by atoms with Crippen LogP contribution in [0.2, 0.25) is 0 Å². The van der Waals surface area contributed by atoms with Gasteiger partial charge in [0, 0.05) is 11.4 Å². The number of carbonyl (C=O) groups excluding carboxylic acids is 1. The lowest BCUT2D eigenvalue weighted by Gasteiger charge is -2.24. The van der Waals surface area contributed by atoms with Gasteiger partial charge in [-0.3, -0.25) is 13.8 Å². The van der Waals surface area contributed by atoms with Gasteiger partial charge in [0.2, 0.25) is 5.91 Å². The van der Waals surface area contributed by atoms with Gasteiger partial charge in [0.05, 0.1) is 21.0 Å². The molecule has 0 bridgehead atoms. The van der Waals surface area contributed by atoms with Crippen molar-refractivity contribution in [3.63, 3.8) is 0 Å². The van der Waals surface area contributed by atoms with Crippen molar-refractivity contribution in [2.75, 3.05) is 20.9 Å². The molecule has 0 unspecified atom stereocenters. The van der Waals surface area contributed by atoms with E-state index in [9.17, 15) is 34.8 Å². The van der Waals surface area contributed by atoms with Gasteiger partial charge in [-0.1, -0.05) is 42.5 Å². The summed E-state index contributed by atoms with van der Waals surface area (Å²) in [6.45, 7) is -0.571. The fourth-order valence-electron chi connectivity index (χ4n) is 3.65. The van der Waals surface area contributed by atoms with Gasteiger partial charge in [-0.25, -0.2) is 16.8 Å². The van der Waals surface area contributed by atoms with Crippen LogP contribution >= 0.6 is 0 Å². The summed E-state index contributed by atoms with van der Waals surface area (Å²) in [5.74, 6) is -0.693. The molecule has 0 fully saturated rings. The van der Waals surface area contributed by atoms with Crippen molar-refractivity contribution in [1.82, 2.24) is 0 Å². The predicted octanol–water partition coefficient (Wildman–Crippen LogP) is 5.34. The van der Waals surface area contributed by atoms with E-state index < -0.39 is 44.2 Å². The van der Waals surface area contributed by atoms with E-state index in [0.29, 0.717) is 6.07 Å². The van der Waals surface area contributed by atoms with E-state index in [1.54, 1.807) is 48.5 Å². The Balaban J connectivity index is 1.49. The number of sulfonamides is 2. The van der Waals surface area contributed by atoms with Crippen LogP contribution in [0.1, 0.15) is 5.56 Å². The Morgan fingerprint density at radius 1 is 0.700 bits per heavy atom. The predicted molar refractivity (Wildman–Crippen MR) is 145 cm³/mol. The number of para-hydroxylation sites is 1. The van der Waals surface area contributed by atoms with Crippen LogP contribution in [0, 0.1) is 0 Å². The van der Waals surface area contributed by atoms with Gasteiger partial charge in [-0.05, 0) is 66.7 Å². The molecule has 40 heavy (non-hydrogen) atoms. The van der Waals surface area contributed by atoms with Gasteiger partial charge in [0.1, 0.15) is 6.54 Å². The Labute approximate surface area is 229 Å². The summed E-state index contributed by atoms with van der Waals surface area (Å²) in [5, 5.41) is 2.53. The first-order valence-electron chi connectivity index (χ1n) is 11.6. The Kier molecular flexibility index (Phi) is 8.16. The zero-order valence-corrected chi connectivity index (χ0v) is 22.2. The van der Waals surface area contributed by atoms with Crippen molar-refractivity contribution >= 4 is 43.0 Å². The van der Waals surface area contributed by atoms with Crippen molar-refractivity contribution in [3.8, 4) is 0 Å². The van der Waals surface area contributed by atoms with Crippen LogP contribution in [0.3, 0.4) is 0 Å². The van der Waals surface area contributed by atoms with Crippen LogP contribution in [-0.2, 0) is 31.0 Å². The van der Waals surface area contributed by atoms with Crippen LogP contribution < -0.4 is 14.3 Å². The van der Waals surface area contributed by atoms with E-state index in [1.807, 2.05) is 0 Å². The second-order valence-corrected chi connectivity index (χ2v) is 12.0. The third-order valence-electron chi connectivity index (χ3n) is 5.55. The third-order valence-corrected chi connectivity index (χ3v) is 8.74. The molecule has 0 spiro atoms. The van der Waals surface area contributed by atoms with Crippen LogP contribution in [0.15, 0.2) is 119 Å². The fourth-order valence-corrected chi connectivity index (χ4v) is 6.14. The average molecular weight is 590 g/mol. The summed E-state index contributed by atoms with van der Waals surface area (Å²) in [7, 11) is -8.34. The normalized spacial score (nSPS) is 12.0. The van der Waals surface area contributed by atoms with Crippen LogP contribution in [0.5, 0.6) is 0 Å². The van der Waals surface area contributed by atoms with Gasteiger partial charge in [-0.2, -0.15) is 13.2 Å². The number of nitrogens with zero attached hydrogens (tertiary/aromatic N) is 1. The third kappa shape index (κ3) is 6.79. The minimum absolute atomic E-state index is 0.00511. The quantitative estimate of drug-likeness (QED) is 0.274. The summed E-state index contributed by atoms with van der Waals surface area (Å²) in [6.07, 6.45) is -4.64. The molecule has 0 atom stereocenters. The minimum atomic E-state index is -4.64. The van der Waals surface area contributed by atoms with Gasteiger partial charge >= 0.3 is 6.18 Å². The van der Waals surface area contributed by atoms with Gasteiger partial charge < -0.3 is 5.32 Å². The van der Waals surface area contributed by atoms with Crippen LogP contribution in [-0.4, -0.2) is 29.3 Å². The van der Waals surface area contributed by atoms with Crippen molar-refractivity contribution in [2.45, 2.75) is 16.0 Å². The summed E-state index contributed by atoms with van der Waals surface area (Å²) >= 11 is 0. The molecular formula is C27H22F3N3O5S2. The lowest BCUT2D eigenvalue weighted by Crippen LogP contribution is -2.38. The number of alkyl halides is 3. The molecule has 4 rings (SSSR count). The monoisotopic (exact) mass is 589 g/mol. The van der Waals surface area contributed by atoms with E-state index in [2.05, 4.69) is 10.0 Å². The first-order chi connectivity index (χ1) is 18.9. The number of amides is 1. The Morgan fingerprint density at radius 3 is 1.90 bits per heavy atom. The number of nitrogens with one attached hydrogen (secondary N) is 2. The fraction of sp³-hybridized carbons (Fsp3) is 0.0741. The number of hydrogen-bond acceptors (Lipinski definition) is 5. The highest BCUT2D eigenvalue weighted by Crippen LogP contribution is 2.31. The molecule has 208 valence electrons. The van der Waals surface area contributed by atoms with Crippen LogP contribution in [0.4, 0.5) is 30.2 Å². The second-order valence-electron chi connectivity index (χ2n) is 8.42. The van der Waals surface area contributed by atoms with Crippen LogP contribution in [0.25, 0.3) is 0 Å². The molecule has 0 saturated heterocycles. The van der Waals surface area contributed by atoms with Crippen molar-refractivity contribution in [2.24, 2.45) is 0 Å². The Bertz CT molecular complexity index is 1700. The molecule has 4 aromatic rings. The number of carbonyl (C=O) groups is 1. The van der Waals surface area contributed by atoms with Crippen molar-refractivity contribution in [3.05, 3.63) is 115 Å². The minimum Gasteiger partial charge on any atom is -0.325 e. The number of hydrogen-bond donors (Lipinski definition) is 2. The second kappa shape index (κ2) is 11.4.